The molecule has 1 unspecified atom stereocenters. The molecule has 0 amide bonds. The molecule has 1 fully saturated rings. The molecule has 0 spiro atoms. The maximum atomic E-state index is 9.96. The largest absolute Gasteiger partial charge is 0.391 e. The molecule has 118 valence electrons. The third-order valence-corrected chi connectivity index (χ3v) is 3.50. The summed E-state index contributed by atoms with van der Waals surface area (Å²) in [6, 6.07) is 1.93. The van der Waals surface area contributed by atoms with Gasteiger partial charge in [-0.15, -0.1) is 0 Å². The minimum Gasteiger partial charge on any atom is -0.391 e. The summed E-state index contributed by atoms with van der Waals surface area (Å²) in [6.07, 6.45) is 3.91. The fourth-order valence-corrected chi connectivity index (χ4v) is 2.27. The third kappa shape index (κ3) is 5.50. The van der Waals surface area contributed by atoms with Crippen LogP contribution in [0.15, 0.2) is 6.07 Å². The highest BCUT2D eigenvalue weighted by molar-refractivity contribution is 5.48. The lowest BCUT2D eigenvalue weighted by molar-refractivity contribution is 0.161. The zero-order valence-electron chi connectivity index (χ0n) is 13.4. The number of hydrogen-bond acceptors (Lipinski definition) is 5. The van der Waals surface area contributed by atoms with Crippen LogP contribution in [0.2, 0.25) is 0 Å². The summed E-state index contributed by atoms with van der Waals surface area (Å²) in [6.45, 7) is 7.82. The van der Waals surface area contributed by atoms with Crippen LogP contribution < -0.4 is 10.6 Å². The summed E-state index contributed by atoms with van der Waals surface area (Å²) in [4.78, 5) is 9.16. The van der Waals surface area contributed by atoms with Gasteiger partial charge in [-0.3, -0.25) is 0 Å². The van der Waals surface area contributed by atoms with Gasteiger partial charge in [-0.25, -0.2) is 9.97 Å². The van der Waals surface area contributed by atoms with Crippen LogP contribution in [0.4, 0.5) is 11.6 Å². The van der Waals surface area contributed by atoms with Crippen molar-refractivity contribution < 1.29 is 5.11 Å². The van der Waals surface area contributed by atoms with E-state index in [2.05, 4.69) is 41.4 Å². The van der Waals surface area contributed by atoms with Gasteiger partial charge in [0.1, 0.15) is 17.5 Å². The number of hydrogen-bond donors (Lipinski definition) is 3. The lowest BCUT2D eigenvalue weighted by Gasteiger charge is -2.15. The molecule has 1 aromatic rings. The summed E-state index contributed by atoms with van der Waals surface area (Å²) < 4.78 is 0. The van der Waals surface area contributed by atoms with Gasteiger partial charge in [-0.2, -0.15) is 0 Å². The first kappa shape index (κ1) is 16.0. The van der Waals surface area contributed by atoms with Gasteiger partial charge in [0.05, 0.1) is 6.10 Å². The van der Waals surface area contributed by atoms with Crippen molar-refractivity contribution in [2.24, 2.45) is 5.92 Å². The highest BCUT2D eigenvalue weighted by Crippen LogP contribution is 2.38. The Hall–Kier alpha value is -1.36. The Labute approximate surface area is 127 Å². The smallest absolute Gasteiger partial charge is 0.136 e. The molecule has 5 heteroatoms. The Bertz CT molecular complexity index is 446. The van der Waals surface area contributed by atoms with E-state index in [0.717, 1.165) is 36.8 Å². The van der Waals surface area contributed by atoms with Gasteiger partial charge < -0.3 is 15.7 Å². The number of nitrogens with one attached hydrogen (secondary N) is 2. The number of aliphatic hydroxyl groups excluding tert-OH is 1. The normalized spacial score (nSPS) is 16.0. The van der Waals surface area contributed by atoms with Crippen LogP contribution >= 0.6 is 0 Å². The van der Waals surface area contributed by atoms with Gasteiger partial charge >= 0.3 is 0 Å². The number of anilines is 2. The average Bonchev–Trinajstić information content (AvgIpc) is 3.26. The van der Waals surface area contributed by atoms with E-state index in [-0.39, 0.29) is 6.10 Å². The molecule has 2 rings (SSSR count). The average molecular weight is 292 g/mol. The lowest BCUT2D eigenvalue weighted by Crippen LogP contribution is -2.22. The maximum absolute atomic E-state index is 9.96. The van der Waals surface area contributed by atoms with Gasteiger partial charge in [0.2, 0.25) is 0 Å². The minimum absolute atomic E-state index is 0.337. The molecule has 5 nitrogen and oxygen atoms in total. The third-order valence-electron chi connectivity index (χ3n) is 3.50. The van der Waals surface area contributed by atoms with Gasteiger partial charge in [0.15, 0.2) is 0 Å². The second-order valence-corrected chi connectivity index (χ2v) is 6.36. The van der Waals surface area contributed by atoms with Crippen molar-refractivity contribution in [1.29, 1.82) is 0 Å². The molecule has 0 aromatic carbocycles. The Morgan fingerprint density at radius 3 is 2.48 bits per heavy atom. The fourth-order valence-electron chi connectivity index (χ4n) is 2.27. The van der Waals surface area contributed by atoms with Crippen LogP contribution in [0, 0.1) is 5.92 Å². The van der Waals surface area contributed by atoms with Crippen molar-refractivity contribution in [3.05, 3.63) is 11.9 Å². The molecule has 0 aliphatic heterocycles. The molecule has 21 heavy (non-hydrogen) atoms. The Kier molecular flexibility index (Phi) is 5.79. The summed E-state index contributed by atoms with van der Waals surface area (Å²) >= 11 is 0. The van der Waals surface area contributed by atoms with Crippen molar-refractivity contribution in [2.75, 3.05) is 23.7 Å². The van der Waals surface area contributed by atoms with E-state index < -0.39 is 0 Å². The minimum atomic E-state index is -0.337. The molecule has 1 heterocycles. The van der Waals surface area contributed by atoms with E-state index in [4.69, 9.17) is 0 Å². The second-order valence-electron chi connectivity index (χ2n) is 6.36. The van der Waals surface area contributed by atoms with Gasteiger partial charge in [0, 0.05) is 25.1 Å². The SMILES string of the molecule is CCCNc1cc(NCC(O)CC(C)C)nc(C2CC2)n1. The van der Waals surface area contributed by atoms with E-state index in [1.54, 1.807) is 0 Å². The maximum Gasteiger partial charge on any atom is 0.136 e. The summed E-state index contributed by atoms with van der Waals surface area (Å²) in [5, 5.41) is 16.5. The van der Waals surface area contributed by atoms with Crippen molar-refractivity contribution in [2.45, 2.75) is 58.5 Å². The Balaban J connectivity index is 1.98. The number of aliphatic hydroxyl groups is 1. The van der Waals surface area contributed by atoms with Crippen molar-refractivity contribution in [3.63, 3.8) is 0 Å². The van der Waals surface area contributed by atoms with Crippen molar-refractivity contribution in [1.82, 2.24) is 9.97 Å². The molecule has 3 N–H and O–H groups in total. The molecule has 0 radical (unpaired) electrons. The number of rotatable bonds is 9. The van der Waals surface area contributed by atoms with Crippen molar-refractivity contribution >= 4 is 11.6 Å². The molecular weight excluding hydrogens is 264 g/mol. The Morgan fingerprint density at radius 2 is 1.90 bits per heavy atom. The fraction of sp³-hybridized carbons (Fsp3) is 0.750. The quantitative estimate of drug-likeness (QED) is 0.653. The van der Waals surface area contributed by atoms with E-state index in [1.165, 1.54) is 12.8 Å². The highest BCUT2D eigenvalue weighted by Gasteiger charge is 2.27. The van der Waals surface area contributed by atoms with E-state index >= 15 is 0 Å². The monoisotopic (exact) mass is 292 g/mol. The molecule has 1 aliphatic rings. The van der Waals surface area contributed by atoms with Crippen molar-refractivity contribution in [3.8, 4) is 0 Å². The standard InChI is InChI=1S/C16H28N4O/c1-4-7-17-14-9-15(18-10-13(21)8-11(2)3)20-16(19-14)12-5-6-12/h9,11-13,21H,4-8,10H2,1-3H3,(H2,17,18,19,20). The predicted octanol–water partition coefficient (Wildman–Crippen LogP) is 2.99. The molecule has 1 atom stereocenters. The first-order chi connectivity index (χ1) is 10.1. The van der Waals surface area contributed by atoms with Crippen LogP contribution in [-0.2, 0) is 0 Å². The van der Waals surface area contributed by atoms with E-state index in [9.17, 15) is 5.11 Å². The number of nitrogens with zero attached hydrogens (tertiary/aromatic N) is 2. The molecule has 1 aliphatic carbocycles. The molecule has 0 saturated heterocycles. The highest BCUT2D eigenvalue weighted by atomic mass is 16.3. The van der Waals surface area contributed by atoms with Crippen LogP contribution in [0.25, 0.3) is 0 Å². The Morgan fingerprint density at radius 1 is 1.24 bits per heavy atom. The summed E-state index contributed by atoms with van der Waals surface area (Å²) in [5.74, 6) is 3.64. The van der Waals surface area contributed by atoms with Gasteiger partial charge in [-0.1, -0.05) is 20.8 Å². The molecular formula is C16H28N4O. The zero-order valence-corrected chi connectivity index (χ0v) is 13.4. The molecule has 0 bridgehead atoms. The van der Waals surface area contributed by atoms with Crippen LogP contribution in [-0.4, -0.2) is 34.3 Å². The van der Waals surface area contributed by atoms with Gasteiger partial charge in [-0.05, 0) is 31.6 Å². The summed E-state index contributed by atoms with van der Waals surface area (Å²) in [7, 11) is 0. The summed E-state index contributed by atoms with van der Waals surface area (Å²) in [5.41, 5.74) is 0. The first-order valence-electron chi connectivity index (χ1n) is 8.13. The number of aromatic nitrogens is 2. The zero-order chi connectivity index (χ0) is 15.2. The predicted molar refractivity (Wildman–Crippen MR) is 86.7 cm³/mol. The van der Waals surface area contributed by atoms with Crippen LogP contribution in [0.3, 0.4) is 0 Å². The molecule has 1 aromatic heterocycles. The van der Waals surface area contributed by atoms with Gasteiger partial charge in [0.25, 0.3) is 0 Å². The lowest BCUT2D eigenvalue weighted by atomic mass is 10.1. The van der Waals surface area contributed by atoms with E-state index in [1.807, 2.05) is 6.07 Å². The second kappa shape index (κ2) is 7.59. The van der Waals surface area contributed by atoms with E-state index in [0.29, 0.717) is 18.4 Å². The van der Waals surface area contributed by atoms with Crippen LogP contribution in [0.1, 0.15) is 58.2 Å². The molecule has 1 saturated carbocycles. The topological polar surface area (TPSA) is 70.1 Å². The van der Waals surface area contributed by atoms with Crippen LogP contribution in [0.5, 0.6) is 0 Å². The first-order valence-corrected chi connectivity index (χ1v) is 8.13.